The number of amides is 1. The highest BCUT2D eigenvalue weighted by molar-refractivity contribution is 6.31. The molecule has 1 saturated heterocycles. The number of benzene rings is 3. The molecule has 8 heteroatoms. The van der Waals surface area contributed by atoms with Crippen LogP contribution in [0.3, 0.4) is 0 Å². The van der Waals surface area contributed by atoms with E-state index in [0.717, 1.165) is 56.1 Å². The molecule has 2 heterocycles. The Bertz CT molecular complexity index is 1580. The number of carbonyl (C=O) groups is 1. The quantitative estimate of drug-likeness (QED) is 0.242. The summed E-state index contributed by atoms with van der Waals surface area (Å²) in [6, 6.07) is 20.4. The smallest absolute Gasteiger partial charge is 0.255 e. The van der Waals surface area contributed by atoms with Crippen LogP contribution >= 0.6 is 11.6 Å². The lowest BCUT2D eigenvalue weighted by Crippen LogP contribution is -2.47. The lowest BCUT2D eigenvalue weighted by Gasteiger charge is -2.37. The van der Waals surface area contributed by atoms with Gasteiger partial charge < -0.3 is 19.4 Å². The summed E-state index contributed by atoms with van der Waals surface area (Å²) >= 11 is 6.29. The average molecular weight is 574 g/mol. The number of hydrogen-bond donors (Lipinski definition) is 1. The van der Waals surface area contributed by atoms with Gasteiger partial charge in [-0.15, -0.1) is 0 Å². The standard InChI is InChI=1S/C33H36ClN3O4/c1-22(2)40-29-14-13-25(34)21-28(29)37-19-17-36(18-20-37)16-8-15-35-33(39)27-12-7-11-26-30(38)23(3)31(41-32(26)27)24-9-5-4-6-10-24/h4-7,9-14,21-22H,8,15-20H2,1-3H3,(H,35,39). The number of hydrogen-bond acceptors (Lipinski definition) is 6. The molecule has 41 heavy (non-hydrogen) atoms. The molecule has 1 aliphatic rings. The number of carbonyl (C=O) groups excluding carboxylic acids is 1. The van der Waals surface area contributed by atoms with Gasteiger partial charge >= 0.3 is 0 Å². The summed E-state index contributed by atoms with van der Waals surface area (Å²) in [6.07, 6.45) is 0.902. The minimum atomic E-state index is -0.245. The van der Waals surface area contributed by atoms with Crippen molar-refractivity contribution in [3.05, 3.63) is 93.1 Å². The van der Waals surface area contributed by atoms with Crippen LogP contribution in [0.15, 0.2) is 75.9 Å². The van der Waals surface area contributed by atoms with Gasteiger partial charge in [0.15, 0.2) is 11.0 Å². The number of rotatable bonds is 9. The van der Waals surface area contributed by atoms with Crippen LogP contribution in [0.4, 0.5) is 5.69 Å². The van der Waals surface area contributed by atoms with Crippen molar-refractivity contribution in [3.63, 3.8) is 0 Å². The number of piperazine rings is 1. The highest BCUT2D eigenvalue weighted by atomic mass is 35.5. The predicted octanol–water partition coefficient (Wildman–Crippen LogP) is 6.15. The molecule has 5 rings (SSSR count). The Balaban J connectivity index is 1.18. The van der Waals surface area contributed by atoms with Crippen LogP contribution in [0.1, 0.15) is 36.2 Å². The van der Waals surface area contributed by atoms with Crippen molar-refractivity contribution in [1.82, 2.24) is 10.2 Å². The molecule has 0 radical (unpaired) electrons. The summed E-state index contributed by atoms with van der Waals surface area (Å²) in [5, 5.41) is 4.13. The second-order valence-corrected chi connectivity index (χ2v) is 11.1. The first-order valence-electron chi connectivity index (χ1n) is 14.2. The van der Waals surface area contributed by atoms with Crippen LogP contribution < -0.4 is 20.4 Å². The summed E-state index contributed by atoms with van der Waals surface area (Å²) in [5.41, 5.74) is 2.92. The molecule has 1 N–H and O–H groups in total. The van der Waals surface area contributed by atoms with Gasteiger partial charge in [0.05, 0.1) is 22.7 Å². The van der Waals surface area contributed by atoms with E-state index in [9.17, 15) is 9.59 Å². The second-order valence-electron chi connectivity index (χ2n) is 10.7. The molecule has 7 nitrogen and oxygen atoms in total. The maximum absolute atomic E-state index is 13.2. The molecule has 0 atom stereocenters. The molecule has 0 unspecified atom stereocenters. The van der Waals surface area contributed by atoms with E-state index in [2.05, 4.69) is 15.1 Å². The number of nitrogens with zero attached hydrogens (tertiary/aromatic N) is 2. The normalized spacial score (nSPS) is 14.0. The molecule has 0 spiro atoms. The van der Waals surface area contributed by atoms with Gasteiger partial charge in [-0.3, -0.25) is 14.5 Å². The summed E-state index contributed by atoms with van der Waals surface area (Å²) in [5.74, 6) is 1.10. The first-order valence-corrected chi connectivity index (χ1v) is 14.5. The van der Waals surface area contributed by atoms with Crippen LogP contribution in [0.25, 0.3) is 22.3 Å². The minimum Gasteiger partial charge on any atom is -0.489 e. The van der Waals surface area contributed by atoms with Crippen LogP contribution in [-0.4, -0.2) is 56.2 Å². The Kier molecular flexibility index (Phi) is 8.96. The van der Waals surface area contributed by atoms with E-state index in [-0.39, 0.29) is 17.4 Å². The van der Waals surface area contributed by atoms with E-state index in [1.54, 1.807) is 25.1 Å². The number of nitrogens with one attached hydrogen (secondary N) is 1. The van der Waals surface area contributed by atoms with Crippen LogP contribution in [0, 0.1) is 6.92 Å². The molecule has 1 amide bonds. The average Bonchev–Trinajstić information content (AvgIpc) is 2.98. The molecule has 1 fully saturated rings. The fraction of sp³-hybridized carbons (Fsp3) is 0.333. The Hall–Kier alpha value is -3.81. The van der Waals surface area contributed by atoms with Crippen LogP contribution in [-0.2, 0) is 0 Å². The van der Waals surface area contributed by atoms with Gasteiger partial charge in [-0.05, 0) is 64.1 Å². The number of halogens is 1. The van der Waals surface area contributed by atoms with Crippen molar-refractivity contribution in [2.45, 2.75) is 33.3 Å². The third kappa shape index (κ3) is 6.58. The first-order chi connectivity index (χ1) is 19.8. The van der Waals surface area contributed by atoms with Crippen molar-refractivity contribution in [3.8, 4) is 17.1 Å². The van der Waals surface area contributed by atoms with Gasteiger partial charge in [0.2, 0.25) is 0 Å². The zero-order chi connectivity index (χ0) is 28.9. The van der Waals surface area contributed by atoms with Gasteiger partial charge in [0.1, 0.15) is 11.5 Å². The van der Waals surface area contributed by atoms with E-state index < -0.39 is 0 Å². The molecule has 0 aliphatic carbocycles. The van der Waals surface area contributed by atoms with E-state index in [4.69, 9.17) is 20.8 Å². The van der Waals surface area contributed by atoms with Crippen LogP contribution in [0.2, 0.25) is 5.02 Å². The van der Waals surface area contributed by atoms with Gasteiger partial charge in [0.25, 0.3) is 5.91 Å². The highest BCUT2D eigenvalue weighted by Gasteiger charge is 2.21. The van der Waals surface area contributed by atoms with Gasteiger partial charge in [0, 0.05) is 48.9 Å². The highest BCUT2D eigenvalue weighted by Crippen LogP contribution is 2.33. The molecule has 4 aromatic rings. The summed E-state index contributed by atoms with van der Waals surface area (Å²) in [7, 11) is 0. The third-order valence-electron chi connectivity index (χ3n) is 7.36. The molecule has 3 aromatic carbocycles. The Morgan fingerprint density at radius 1 is 1.02 bits per heavy atom. The van der Waals surface area contributed by atoms with E-state index in [0.29, 0.717) is 39.4 Å². The van der Waals surface area contributed by atoms with Gasteiger partial charge in [-0.25, -0.2) is 0 Å². The zero-order valence-electron chi connectivity index (χ0n) is 23.8. The van der Waals surface area contributed by atoms with Crippen molar-refractivity contribution in [1.29, 1.82) is 0 Å². The molecule has 0 bridgehead atoms. The molecule has 1 aliphatic heterocycles. The zero-order valence-corrected chi connectivity index (χ0v) is 24.5. The van der Waals surface area contributed by atoms with E-state index in [1.165, 1.54) is 0 Å². The topological polar surface area (TPSA) is 75.0 Å². The van der Waals surface area contributed by atoms with Gasteiger partial charge in [-0.2, -0.15) is 0 Å². The van der Waals surface area contributed by atoms with Crippen molar-refractivity contribution in [2.24, 2.45) is 0 Å². The lowest BCUT2D eigenvalue weighted by molar-refractivity contribution is 0.0952. The fourth-order valence-corrected chi connectivity index (χ4v) is 5.42. The Labute approximate surface area is 245 Å². The predicted molar refractivity (Wildman–Crippen MR) is 165 cm³/mol. The second kappa shape index (κ2) is 12.8. The largest absolute Gasteiger partial charge is 0.489 e. The molecule has 1 aromatic heterocycles. The summed E-state index contributed by atoms with van der Waals surface area (Å²) in [6.45, 7) is 10.8. The molecular formula is C33H36ClN3O4. The SMILES string of the molecule is Cc1c(-c2ccccc2)oc2c(C(=O)NCCCN3CCN(c4cc(Cl)ccc4OC(C)C)CC3)cccc2c1=O. The molecule has 0 saturated carbocycles. The first kappa shape index (κ1) is 28.7. The van der Waals surface area contributed by atoms with Crippen molar-refractivity contribution >= 4 is 34.2 Å². The maximum atomic E-state index is 13.2. The minimum absolute atomic E-state index is 0.0892. The Morgan fingerprint density at radius 3 is 2.51 bits per heavy atom. The summed E-state index contributed by atoms with van der Waals surface area (Å²) < 4.78 is 12.2. The maximum Gasteiger partial charge on any atom is 0.255 e. The Morgan fingerprint density at radius 2 is 1.78 bits per heavy atom. The monoisotopic (exact) mass is 573 g/mol. The summed E-state index contributed by atoms with van der Waals surface area (Å²) in [4.78, 5) is 31.0. The van der Waals surface area contributed by atoms with E-state index >= 15 is 0 Å². The molecule has 214 valence electrons. The number of fused-ring (bicyclic) bond motifs is 1. The van der Waals surface area contributed by atoms with E-state index in [1.807, 2.05) is 62.4 Å². The number of para-hydroxylation sites is 1. The third-order valence-corrected chi connectivity index (χ3v) is 7.59. The number of anilines is 1. The van der Waals surface area contributed by atoms with Crippen molar-refractivity contribution < 1.29 is 13.9 Å². The van der Waals surface area contributed by atoms with Crippen LogP contribution in [0.5, 0.6) is 5.75 Å². The fourth-order valence-electron chi connectivity index (χ4n) is 5.26. The molecular weight excluding hydrogens is 538 g/mol. The van der Waals surface area contributed by atoms with Crippen molar-refractivity contribution in [2.75, 3.05) is 44.2 Å². The van der Waals surface area contributed by atoms with Gasteiger partial charge in [-0.1, -0.05) is 48.0 Å². The number of ether oxygens (including phenoxy) is 1. The lowest BCUT2D eigenvalue weighted by atomic mass is 10.0.